The first-order valence-electron chi connectivity index (χ1n) is 4.90. The van der Waals surface area contributed by atoms with Gasteiger partial charge in [0, 0.05) is 30.6 Å². The molecule has 5 nitrogen and oxygen atoms in total. The van der Waals surface area contributed by atoms with Crippen molar-refractivity contribution in [3.05, 3.63) is 11.1 Å². The molecule has 0 aliphatic carbocycles. The molecule has 1 aromatic rings. The summed E-state index contributed by atoms with van der Waals surface area (Å²) in [4.78, 5) is 13.8. The van der Waals surface area contributed by atoms with E-state index >= 15 is 0 Å². The Morgan fingerprint density at radius 2 is 2.47 bits per heavy atom. The minimum atomic E-state index is -0.0165. The summed E-state index contributed by atoms with van der Waals surface area (Å²) in [7, 11) is 0. The summed E-state index contributed by atoms with van der Waals surface area (Å²) >= 11 is 1.21. The lowest BCUT2D eigenvalue weighted by molar-refractivity contribution is 0.0646. The van der Waals surface area contributed by atoms with Gasteiger partial charge in [-0.3, -0.25) is 4.79 Å². The number of piperazine rings is 1. The van der Waals surface area contributed by atoms with Gasteiger partial charge in [0.05, 0.1) is 0 Å². The largest absolute Gasteiger partial charge is 0.334 e. The standard InChI is InChI=1S/C9H14N4OS/c1-9(2)6-13(4-3-10-9)8(14)7-5-15-12-11-7/h5,10H,3-4,6H2,1-2H3. The molecular weight excluding hydrogens is 212 g/mol. The molecule has 2 heterocycles. The highest BCUT2D eigenvalue weighted by molar-refractivity contribution is 7.03. The molecular formula is C9H14N4OS. The van der Waals surface area contributed by atoms with Crippen LogP contribution in [0, 0.1) is 0 Å². The van der Waals surface area contributed by atoms with Crippen LogP contribution >= 0.6 is 11.5 Å². The highest BCUT2D eigenvalue weighted by Crippen LogP contribution is 2.13. The number of amides is 1. The Morgan fingerprint density at radius 3 is 3.07 bits per heavy atom. The van der Waals surface area contributed by atoms with E-state index in [1.807, 2.05) is 4.90 Å². The minimum absolute atomic E-state index is 0.0154. The molecule has 2 rings (SSSR count). The smallest absolute Gasteiger partial charge is 0.275 e. The molecule has 1 saturated heterocycles. The van der Waals surface area contributed by atoms with Crippen molar-refractivity contribution in [2.45, 2.75) is 19.4 Å². The number of hydrogen-bond donors (Lipinski definition) is 1. The number of nitrogens with one attached hydrogen (secondary N) is 1. The van der Waals surface area contributed by atoms with E-state index in [-0.39, 0.29) is 11.4 Å². The molecule has 82 valence electrons. The van der Waals surface area contributed by atoms with Crippen LogP contribution in [0.15, 0.2) is 5.38 Å². The van der Waals surface area contributed by atoms with Crippen LogP contribution < -0.4 is 5.32 Å². The van der Waals surface area contributed by atoms with Gasteiger partial charge in [-0.25, -0.2) is 0 Å². The lowest BCUT2D eigenvalue weighted by Gasteiger charge is -2.38. The van der Waals surface area contributed by atoms with Crippen LogP contribution in [-0.2, 0) is 0 Å². The molecule has 0 aromatic carbocycles. The molecule has 0 radical (unpaired) electrons. The molecule has 1 aromatic heterocycles. The second-order valence-electron chi connectivity index (χ2n) is 4.33. The average molecular weight is 226 g/mol. The first kappa shape index (κ1) is 10.5. The van der Waals surface area contributed by atoms with Crippen molar-refractivity contribution in [3.8, 4) is 0 Å². The van der Waals surface area contributed by atoms with E-state index in [1.165, 1.54) is 11.5 Å². The summed E-state index contributed by atoms with van der Waals surface area (Å²) in [6.45, 7) is 6.46. The summed E-state index contributed by atoms with van der Waals surface area (Å²) in [6, 6.07) is 0. The van der Waals surface area contributed by atoms with Gasteiger partial charge in [-0.1, -0.05) is 4.49 Å². The van der Waals surface area contributed by atoms with Crippen LogP contribution in [0.2, 0.25) is 0 Å². The Balaban J connectivity index is 2.08. The van der Waals surface area contributed by atoms with Crippen molar-refractivity contribution in [1.82, 2.24) is 19.8 Å². The summed E-state index contributed by atoms with van der Waals surface area (Å²) in [5.74, 6) is -0.0154. The Morgan fingerprint density at radius 1 is 1.67 bits per heavy atom. The van der Waals surface area contributed by atoms with Gasteiger partial charge in [0.2, 0.25) is 0 Å². The first-order valence-corrected chi connectivity index (χ1v) is 5.73. The Kier molecular flexibility index (Phi) is 2.70. The van der Waals surface area contributed by atoms with Crippen LogP contribution in [0.4, 0.5) is 0 Å². The van der Waals surface area contributed by atoms with E-state index < -0.39 is 0 Å². The van der Waals surface area contributed by atoms with Crippen LogP contribution in [0.5, 0.6) is 0 Å². The summed E-state index contributed by atoms with van der Waals surface area (Å²) in [6.07, 6.45) is 0. The zero-order chi connectivity index (χ0) is 10.9. The maximum atomic E-state index is 12.0. The Labute approximate surface area is 92.6 Å². The number of hydrogen-bond acceptors (Lipinski definition) is 5. The minimum Gasteiger partial charge on any atom is -0.334 e. The maximum Gasteiger partial charge on any atom is 0.275 e. The second-order valence-corrected chi connectivity index (χ2v) is 4.94. The van der Waals surface area contributed by atoms with Crippen molar-refractivity contribution < 1.29 is 4.79 Å². The predicted octanol–water partition coefficient (Wildman–Crippen LogP) is 0.362. The molecule has 1 aliphatic heterocycles. The molecule has 0 bridgehead atoms. The third-order valence-electron chi connectivity index (χ3n) is 2.44. The van der Waals surface area contributed by atoms with Crippen molar-refractivity contribution >= 4 is 17.4 Å². The van der Waals surface area contributed by atoms with E-state index in [2.05, 4.69) is 28.8 Å². The third kappa shape index (κ3) is 2.32. The zero-order valence-electron chi connectivity index (χ0n) is 8.86. The van der Waals surface area contributed by atoms with Crippen LogP contribution in [0.1, 0.15) is 24.3 Å². The van der Waals surface area contributed by atoms with E-state index in [0.29, 0.717) is 12.2 Å². The van der Waals surface area contributed by atoms with E-state index in [0.717, 1.165) is 13.1 Å². The SMILES string of the molecule is CC1(C)CN(C(=O)c2csnn2)CCN1. The molecule has 1 amide bonds. The summed E-state index contributed by atoms with van der Waals surface area (Å²) in [5.41, 5.74) is 0.440. The van der Waals surface area contributed by atoms with Gasteiger partial charge in [-0.2, -0.15) is 0 Å². The van der Waals surface area contributed by atoms with Gasteiger partial charge in [0.25, 0.3) is 5.91 Å². The molecule has 1 aliphatic rings. The van der Waals surface area contributed by atoms with E-state index in [9.17, 15) is 4.79 Å². The number of aromatic nitrogens is 2. The predicted molar refractivity (Wildman–Crippen MR) is 57.9 cm³/mol. The zero-order valence-corrected chi connectivity index (χ0v) is 9.67. The molecule has 0 spiro atoms. The molecule has 1 fully saturated rings. The van der Waals surface area contributed by atoms with Crippen molar-refractivity contribution in [2.75, 3.05) is 19.6 Å². The van der Waals surface area contributed by atoms with Crippen LogP contribution in [0.3, 0.4) is 0 Å². The highest BCUT2D eigenvalue weighted by atomic mass is 32.1. The maximum absolute atomic E-state index is 12.0. The first-order chi connectivity index (χ1) is 7.08. The van der Waals surface area contributed by atoms with Crippen LogP contribution in [0.25, 0.3) is 0 Å². The Bertz CT molecular complexity index is 349. The van der Waals surface area contributed by atoms with Crippen molar-refractivity contribution in [1.29, 1.82) is 0 Å². The monoisotopic (exact) mass is 226 g/mol. The van der Waals surface area contributed by atoms with Crippen molar-refractivity contribution in [2.24, 2.45) is 0 Å². The summed E-state index contributed by atoms with van der Waals surface area (Å²) < 4.78 is 3.70. The Hall–Kier alpha value is -1.01. The van der Waals surface area contributed by atoms with E-state index in [4.69, 9.17) is 0 Å². The van der Waals surface area contributed by atoms with Gasteiger partial charge in [-0.05, 0) is 25.4 Å². The number of rotatable bonds is 1. The topological polar surface area (TPSA) is 58.1 Å². The fraction of sp³-hybridized carbons (Fsp3) is 0.667. The number of carbonyl (C=O) groups is 1. The highest BCUT2D eigenvalue weighted by Gasteiger charge is 2.29. The molecule has 15 heavy (non-hydrogen) atoms. The lowest BCUT2D eigenvalue weighted by atomic mass is 10.0. The van der Waals surface area contributed by atoms with Crippen LogP contribution in [-0.4, -0.2) is 45.6 Å². The van der Waals surface area contributed by atoms with Gasteiger partial charge in [0.15, 0.2) is 5.69 Å². The van der Waals surface area contributed by atoms with Crippen molar-refractivity contribution in [3.63, 3.8) is 0 Å². The normalized spacial score (nSPS) is 20.3. The van der Waals surface area contributed by atoms with Gasteiger partial charge in [-0.15, -0.1) is 5.10 Å². The van der Waals surface area contributed by atoms with Gasteiger partial charge in [0.1, 0.15) is 0 Å². The second kappa shape index (κ2) is 3.86. The molecule has 1 N–H and O–H groups in total. The number of nitrogens with zero attached hydrogens (tertiary/aromatic N) is 3. The summed E-state index contributed by atoms with van der Waals surface area (Å²) in [5, 5.41) is 8.85. The molecule has 0 unspecified atom stereocenters. The third-order valence-corrected chi connectivity index (χ3v) is 2.94. The fourth-order valence-electron chi connectivity index (χ4n) is 1.73. The molecule has 0 saturated carbocycles. The number of carbonyl (C=O) groups excluding carboxylic acids is 1. The van der Waals surface area contributed by atoms with Gasteiger partial charge < -0.3 is 10.2 Å². The average Bonchev–Trinajstić information content (AvgIpc) is 2.67. The molecule has 6 heteroatoms. The molecule has 0 atom stereocenters. The quantitative estimate of drug-likeness (QED) is 0.751. The lowest BCUT2D eigenvalue weighted by Crippen LogP contribution is -2.58. The van der Waals surface area contributed by atoms with Gasteiger partial charge >= 0.3 is 0 Å². The fourth-order valence-corrected chi connectivity index (χ4v) is 2.16. The van der Waals surface area contributed by atoms with E-state index in [1.54, 1.807) is 5.38 Å².